The molecule has 31 heavy (non-hydrogen) atoms. The zero-order valence-electron chi connectivity index (χ0n) is 16.1. The van der Waals surface area contributed by atoms with E-state index in [4.69, 9.17) is 40.6 Å². The summed E-state index contributed by atoms with van der Waals surface area (Å²) in [6.45, 7) is 0. The van der Waals surface area contributed by atoms with Crippen molar-refractivity contribution >= 4 is 68.5 Å². The summed E-state index contributed by atoms with van der Waals surface area (Å²) in [5, 5.41) is 3.80. The Hall–Kier alpha value is -1.90. The lowest BCUT2D eigenvalue weighted by molar-refractivity contribution is 0.601. The molecule has 0 saturated carbocycles. The zero-order valence-corrected chi connectivity index (χ0v) is 20.0. The predicted molar refractivity (Wildman–Crippen MR) is 131 cm³/mol. The van der Waals surface area contributed by atoms with Crippen LogP contribution in [0.3, 0.4) is 0 Å². The van der Waals surface area contributed by atoms with Crippen LogP contribution in [0.2, 0.25) is 15.1 Å². The molecule has 0 aromatic heterocycles. The number of sulfonamides is 1. The van der Waals surface area contributed by atoms with Crippen LogP contribution in [0.15, 0.2) is 75.6 Å². The molecule has 0 heterocycles. The summed E-state index contributed by atoms with van der Waals surface area (Å²) >= 11 is 19.5. The number of aryl methyl sites for hydroxylation is 1. The third-order valence-electron chi connectivity index (χ3n) is 4.25. The van der Waals surface area contributed by atoms with Crippen molar-refractivity contribution in [2.45, 2.75) is 16.2 Å². The van der Waals surface area contributed by atoms with E-state index in [9.17, 15) is 8.42 Å². The van der Waals surface area contributed by atoms with Gasteiger partial charge < -0.3 is 5.84 Å². The first-order valence-electron chi connectivity index (χ1n) is 9.01. The van der Waals surface area contributed by atoms with Gasteiger partial charge in [-0.05, 0) is 41.8 Å². The van der Waals surface area contributed by atoms with Crippen molar-refractivity contribution in [2.24, 2.45) is 10.9 Å². The number of hydrogen-bond acceptors (Lipinski definition) is 5. The van der Waals surface area contributed by atoms with Crippen LogP contribution in [-0.4, -0.2) is 20.4 Å². The minimum absolute atomic E-state index is 0.00448. The van der Waals surface area contributed by atoms with Gasteiger partial charge in [-0.3, -0.25) is 4.72 Å². The third-order valence-corrected chi connectivity index (χ3v) is 7.87. The van der Waals surface area contributed by atoms with Gasteiger partial charge in [-0.2, -0.15) is 5.10 Å². The SMILES string of the molecule is NN=Cc1ccc(CCSc2ccccc2NS(=O)(=O)c2cc(Cl)c(Cl)cc2Cl)cc1. The first-order chi connectivity index (χ1) is 14.8. The van der Waals surface area contributed by atoms with Crippen LogP contribution in [0.5, 0.6) is 0 Å². The van der Waals surface area contributed by atoms with Crippen LogP contribution >= 0.6 is 46.6 Å². The van der Waals surface area contributed by atoms with Crippen molar-refractivity contribution in [1.29, 1.82) is 0 Å². The highest BCUT2D eigenvalue weighted by atomic mass is 35.5. The highest BCUT2D eigenvalue weighted by molar-refractivity contribution is 7.99. The lowest BCUT2D eigenvalue weighted by Crippen LogP contribution is -2.14. The molecule has 0 aliphatic carbocycles. The normalized spacial score (nSPS) is 11.7. The minimum atomic E-state index is -3.95. The molecule has 0 spiro atoms. The fourth-order valence-electron chi connectivity index (χ4n) is 2.72. The van der Waals surface area contributed by atoms with Crippen LogP contribution in [-0.2, 0) is 16.4 Å². The number of hydrogen-bond donors (Lipinski definition) is 2. The summed E-state index contributed by atoms with van der Waals surface area (Å²) in [7, 11) is -3.95. The van der Waals surface area contributed by atoms with Crippen molar-refractivity contribution < 1.29 is 8.42 Å². The van der Waals surface area contributed by atoms with E-state index in [0.717, 1.165) is 28.2 Å². The molecule has 3 rings (SSSR count). The highest BCUT2D eigenvalue weighted by Crippen LogP contribution is 2.34. The van der Waals surface area contributed by atoms with Crippen LogP contribution < -0.4 is 10.6 Å². The molecular formula is C21H18Cl3N3O2S2. The molecule has 3 aromatic rings. The maximum Gasteiger partial charge on any atom is 0.263 e. The molecule has 0 atom stereocenters. The minimum Gasteiger partial charge on any atom is -0.323 e. The van der Waals surface area contributed by atoms with Crippen LogP contribution in [0, 0.1) is 0 Å². The van der Waals surface area contributed by atoms with Gasteiger partial charge in [0.2, 0.25) is 0 Å². The van der Waals surface area contributed by atoms with Gasteiger partial charge in [0.25, 0.3) is 10.0 Å². The molecule has 10 heteroatoms. The monoisotopic (exact) mass is 513 g/mol. The fourth-order valence-corrected chi connectivity index (χ4v) is 5.88. The summed E-state index contributed by atoms with van der Waals surface area (Å²) in [6, 6.07) is 17.6. The second kappa shape index (κ2) is 10.6. The molecule has 0 aliphatic heterocycles. The topological polar surface area (TPSA) is 84.5 Å². The number of nitrogens with two attached hydrogens (primary N) is 1. The van der Waals surface area contributed by atoms with Gasteiger partial charge in [0, 0.05) is 10.6 Å². The lowest BCUT2D eigenvalue weighted by Gasteiger charge is -2.14. The molecule has 0 radical (unpaired) electrons. The van der Waals surface area contributed by atoms with Gasteiger partial charge in [-0.1, -0.05) is 71.2 Å². The fraction of sp³-hybridized carbons (Fsp3) is 0.0952. The average molecular weight is 515 g/mol. The molecule has 0 fully saturated rings. The number of halogens is 3. The molecule has 162 valence electrons. The van der Waals surface area contributed by atoms with E-state index in [1.54, 1.807) is 30.1 Å². The van der Waals surface area contributed by atoms with Crippen molar-refractivity contribution in [3.63, 3.8) is 0 Å². The Morgan fingerprint density at radius 2 is 1.65 bits per heavy atom. The third kappa shape index (κ3) is 6.30. The standard InChI is InChI=1S/C21H18Cl3N3O2S2/c22-16-11-18(24)21(12-17(16)23)31(28,29)27-19-3-1-2-4-20(19)30-10-9-14-5-7-15(8-6-14)13-26-25/h1-8,11-13,27H,9-10,25H2. The van der Waals surface area contributed by atoms with E-state index in [0.29, 0.717) is 5.69 Å². The molecule has 0 aliphatic rings. The van der Waals surface area contributed by atoms with Gasteiger partial charge in [-0.15, -0.1) is 11.8 Å². The van der Waals surface area contributed by atoms with Crippen LogP contribution in [0.25, 0.3) is 0 Å². The Kier molecular flexibility index (Phi) is 8.13. The Labute approximate surface area is 200 Å². The van der Waals surface area contributed by atoms with Crippen molar-refractivity contribution in [3.05, 3.63) is 86.9 Å². The number of rotatable bonds is 8. The van der Waals surface area contributed by atoms with Gasteiger partial charge in [0.1, 0.15) is 4.90 Å². The van der Waals surface area contributed by atoms with Gasteiger partial charge >= 0.3 is 0 Å². The quantitative estimate of drug-likeness (QED) is 0.125. The first-order valence-corrected chi connectivity index (χ1v) is 12.6. The molecule has 5 nitrogen and oxygen atoms in total. The smallest absolute Gasteiger partial charge is 0.263 e. The molecule has 3 N–H and O–H groups in total. The van der Waals surface area contributed by atoms with Gasteiger partial charge in [-0.25, -0.2) is 8.42 Å². The predicted octanol–water partition coefficient (Wildman–Crippen LogP) is 6.08. The number of anilines is 1. The van der Waals surface area contributed by atoms with E-state index in [1.807, 2.05) is 36.4 Å². The van der Waals surface area contributed by atoms with E-state index < -0.39 is 10.0 Å². The van der Waals surface area contributed by atoms with E-state index >= 15 is 0 Å². The van der Waals surface area contributed by atoms with Gasteiger partial charge in [0.15, 0.2) is 0 Å². The summed E-state index contributed by atoms with van der Waals surface area (Å²) < 4.78 is 28.4. The summed E-state index contributed by atoms with van der Waals surface area (Å²) in [6.07, 6.45) is 2.39. The second-order valence-corrected chi connectivity index (χ2v) is 10.4. The van der Waals surface area contributed by atoms with Crippen LogP contribution in [0.1, 0.15) is 11.1 Å². The summed E-state index contributed by atoms with van der Waals surface area (Å²) in [4.78, 5) is 0.665. The number of nitrogens with one attached hydrogen (secondary N) is 1. The number of thioether (sulfide) groups is 1. The Balaban J connectivity index is 1.72. The lowest BCUT2D eigenvalue weighted by atomic mass is 10.1. The Bertz CT molecular complexity index is 1200. The maximum absolute atomic E-state index is 12.9. The summed E-state index contributed by atoms with van der Waals surface area (Å²) in [5.41, 5.74) is 2.55. The maximum atomic E-state index is 12.9. The molecule has 3 aromatic carbocycles. The van der Waals surface area contributed by atoms with E-state index in [2.05, 4.69) is 9.82 Å². The van der Waals surface area contributed by atoms with Crippen molar-refractivity contribution in [2.75, 3.05) is 10.5 Å². The molecular weight excluding hydrogens is 497 g/mol. The molecule has 0 saturated heterocycles. The molecule has 0 amide bonds. The van der Waals surface area contributed by atoms with E-state index in [1.165, 1.54) is 12.1 Å². The van der Waals surface area contributed by atoms with Crippen LogP contribution in [0.4, 0.5) is 5.69 Å². The number of hydrazone groups is 1. The Morgan fingerprint density at radius 1 is 0.968 bits per heavy atom. The van der Waals surface area contributed by atoms with E-state index in [-0.39, 0.29) is 20.0 Å². The number of para-hydroxylation sites is 1. The largest absolute Gasteiger partial charge is 0.323 e. The van der Waals surface area contributed by atoms with Gasteiger partial charge in [0.05, 0.1) is 27.0 Å². The number of benzene rings is 3. The zero-order chi connectivity index (χ0) is 22.4. The summed E-state index contributed by atoms with van der Waals surface area (Å²) in [5.74, 6) is 5.92. The Morgan fingerprint density at radius 3 is 2.35 bits per heavy atom. The first kappa shape index (κ1) is 23.8. The van der Waals surface area contributed by atoms with Crippen molar-refractivity contribution in [1.82, 2.24) is 0 Å². The van der Waals surface area contributed by atoms with Crippen molar-refractivity contribution in [3.8, 4) is 0 Å². The second-order valence-electron chi connectivity index (χ2n) is 6.42. The molecule has 0 unspecified atom stereocenters. The average Bonchev–Trinajstić information content (AvgIpc) is 2.73. The molecule has 0 bridgehead atoms. The highest BCUT2D eigenvalue weighted by Gasteiger charge is 2.21. The number of nitrogens with zero attached hydrogens (tertiary/aromatic N) is 1.